The highest BCUT2D eigenvalue weighted by Crippen LogP contribution is 2.65. The molecule has 0 radical (unpaired) electrons. The molecule has 0 unspecified atom stereocenters. The highest BCUT2D eigenvalue weighted by atomic mass is 16.5. The number of benzene rings is 1. The Labute approximate surface area is 148 Å². The first-order valence-corrected chi connectivity index (χ1v) is 9.80. The van der Waals surface area contributed by atoms with E-state index in [1.165, 1.54) is 19.3 Å². The fourth-order valence-corrected chi connectivity index (χ4v) is 5.66. The number of hydrogen-bond donors (Lipinski definition) is 1. The van der Waals surface area contributed by atoms with Gasteiger partial charge in [-0.2, -0.15) is 0 Å². The summed E-state index contributed by atoms with van der Waals surface area (Å²) >= 11 is 0. The van der Waals surface area contributed by atoms with Gasteiger partial charge in [-0.05, 0) is 43.7 Å². The van der Waals surface area contributed by atoms with Crippen LogP contribution in [-0.4, -0.2) is 23.3 Å². The quantitative estimate of drug-likeness (QED) is 0.897. The van der Waals surface area contributed by atoms with Crippen LogP contribution in [0.25, 0.3) is 0 Å². The van der Waals surface area contributed by atoms with Gasteiger partial charge in [-0.3, -0.25) is 9.59 Å². The molecule has 1 N–H and O–H groups in total. The first kappa shape index (κ1) is 15.4. The maximum atomic E-state index is 12.8. The van der Waals surface area contributed by atoms with Crippen molar-refractivity contribution in [2.24, 2.45) is 17.8 Å². The van der Waals surface area contributed by atoms with E-state index >= 15 is 0 Å². The van der Waals surface area contributed by atoms with Gasteiger partial charge >= 0.3 is 0 Å². The Morgan fingerprint density at radius 1 is 1.12 bits per heavy atom. The van der Waals surface area contributed by atoms with Crippen molar-refractivity contribution in [2.45, 2.75) is 63.0 Å². The van der Waals surface area contributed by atoms with Crippen LogP contribution in [0.3, 0.4) is 0 Å². The Bertz CT molecular complexity index is 724. The number of Topliss-reactive ketones (excluding diaryl/α,β-unsaturated/α-hetero) is 1. The third kappa shape index (κ3) is 2.41. The highest BCUT2D eigenvalue weighted by molar-refractivity contribution is 6.00. The number of ketones is 1. The van der Waals surface area contributed by atoms with Crippen LogP contribution < -0.4 is 10.1 Å². The molecule has 132 valence electrons. The van der Waals surface area contributed by atoms with Crippen LogP contribution in [0.1, 0.15) is 61.7 Å². The highest BCUT2D eigenvalue weighted by Gasteiger charge is 2.70. The zero-order valence-electron chi connectivity index (χ0n) is 14.5. The van der Waals surface area contributed by atoms with E-state index in [-0.39, 0.29) is 23.5 Å². The van der Waals surface area contributed by atoms with Gasteiger partial charge in [0, 0.05) is 17.9 Å². The van der Waals surface area contributed by atoms with E-state index in [1.807, 2.05) is 24.3 Å². The molecule has 1 spiro atoms. The van der Waals surface area contributed by atoms with E-state index in [2.05, 4.69) is 5.32 Å². The number of carbonyl (C=O) groups is 2. The lowest BCUT2D eigenvalue weighted by Gasteiger charge is -2.37. The van der Waals surface area contributed by atoms with Gasteiger partial charge in [-0.1, -0.05) is 31.4 Å². The van der Waals surface area contributed by atoms with Crippen LogP contribution in [0.4, 0.5) is 0 Å². The molecule has 3 fully saturated rings. The molecule has 1 amide bonds. The van der Waals surface area contributed by atoms with Gasteiger partial charge in [0.15, 0.2) is 5.78 Å². The Balaban J connectivity index is 1.33. The van der Waals surface area contributed by atoms with Crippen LogP contribution in [0.5, 0.6) is 5.75 Å². The number of nitrogens with one attached hydrogen (secondary N) is 1. The first-order valence-electron chi connectivity index (χ1n) is 9.80. The SMILES string of the molecule is O=C1C[C@@]2(CC[C@H]3[C@@H](C(=O)NC4CCCCC4)[C@@H]32)Oc2ccccc21. The molecule has 4 atom stereocenters. The number of para-hydroxylation sites is 1. The molecule has 3 saturated carbocycles. The maximum Gasteiger partial charge on any atom is 0.224 e. The largest absolute Gasteiger partial charge is 0.486 e. The molecular formula is C21H25NO3. The van der Waals surface area contributed by atoms with Crippen molar-refractivity contribution in [2.75, 3.05) is 0 Å². The summed E-state index contributed by atoms with van der Waals surface area (Å²) in [5.74, 6) is 1.75. The second kappa shape index (κ2) is 5.58. The van der Waals surface area contributed by atoms with Crippen LogP contribution >= 0.6 is 0 Å². The summed E-state index contributed by atoms with van der Waals surface area (Å²) in [5.41, 5.74) is 0.255. The first-order chi connectivity index (χ1) is 12.2. The summed E-state index contributed by atoms with van der Waals surface area (Å²) in [6.45, 7) is 0. The van der Waals surface area contributed by atoms with Crippen molar-refractivity contribution in [3.05, 3.63) is 29.8 Å². The molecule has 3 aliphatic carbocycles. The number of fused-ring (bicyclic) bond motifs is 3. The maximum absolute atomic E-state index is 12.8. The average Bonchev–Trinajstić information content (AvgIpc) is 3.28. The van der Waals surface area contributed by atoms with Crippen molar-refractivity contribution in [3.8, 4) is 5.75 Å². The normalized spacial score (nSPS) is 36.5. The summed E-state index contributed by atoms with van der Waals surface area (Å²) in [6.07, 6.45) is 8.29. The van der Waals surface area contributed by atoms with E-state index < -0.39 is 5.60 Å². The Morgan fingerprint density at radius 3 is 2.76 bits per heavy atom. The molecule has 1 aromatic rings. The topological polar surface area (TPSA) is 55.4 Å². The van der Waals surface area contributed by atoms with Gasteiger partial charge in [0.2, 0.25) is 5.91 Å². The Kier molecular flexibility index (Phi) is 3.44. The van der Waals surface area contributed by atoms with Crippen LogP contribution in [-0.2, 0) is 4.79 Å². The van der Waals surface area contributed by atoms with Gasteiger partial charge in [-0.25, -0.2) is 0 Å². The lowest BCUT2D eigenvalue weighted by Crippen LogP contribution is -2.45. The summed E-state index contributed by atoms with van der Waals surface area (Å²) in [5, 5.41) is 3.28. The van der Waals surface area contributed by atoms with Gasteiger partial charge in [0.25, 0.3) is 0 Å². The summed E-state index contributed by atoms with van der Waals surface area (Å²) < 4.78 is 6.37. The second-order valence-electron chi connectivity index (χ2n) is 8.36. The molecule has 1 heterocycles. The molecule has 4 nitrogen and oxygen atoms in total. The number of hydrogen-bond acceptors (Lipinski definition) is 3. The molecule has 4 aliphatic rings. The Hall–Kier alpha value is -1.84. The van der Waals surface area contributed by atoms with Crippen molar-refractivity contribution in [3.63, 3.8) is 0 Å². The van der Waals surface area contributed by atoms with Crippen molar-refractivity contribution in [1.82, 2.24) is 5.32 Å². The van der Waals surface area contributed by atoms with Crippen molar-refractivity contribution < 1.29 is 14.3 Å². The van der Waals surface area contributed by atoms with Gasteiger partial charge in [-0.15, -0.1) is 0 Å². The molecule has 0 saturated heterocycles. The minimum Gasteiger partial charge on any atom is -0.486 e. The molecular weight excluding hydrogens is 314 g/mol. The van der Waals surface area contributed by atoms with Crippen molar-refractivity contribution in [1.29, 1.82) is 0 Å². The monoisotopic (exact) mass is 339 g/mol. The summed E-state index contributed by atoms with van der Waals surface area (Å²) in [7, 11) is 0. The lowest BCUT2D eigenvalue weighted by molar-refractivity contribution is -0.125. The van der Waals surface area contributed by atoms with Crippen molar-refractivity contribution >= 4 is 11.7 Å². The van der Waals surface area contributed by atoms with Gasteiger partial charge < -0.3 is 10.1 Å². The average molecular weight is 339 g/mol. The van der Waals surface area contributed by atoms with E-state index in [0.29, 0.717) is 29.7 Å². The summed E-state index contributed by atoms with van der Waals surface area (Å²) in [6, 6.07) is 7.89. The Morgan fingerprint density at radius 2 is 1.92 bits per heavy atom. The van der Waals surface area contributed by atoms with Gasteiger partial charge in [0.1, 0.15) is 11.4 Å². The standard InChI is InChI=1S/C21H25NO3/c23-16-12-21(25-17-9-5-4-8-14(16)17)11-10-15-18(19(15)21)20(24)22-13-6-2-1-3-7-13/h4-5,8-9,13,15,18-19H,1-3,6-7,10-12H2,(H,22,24)/t15-,18+,19+,21+/m0/s1. The minimum atomic E-state index is -0.440. The number of ether oxygens (including phenoxy) is 1. The molecule has 0 aromatic heterocycles. The minimum absolute atomic E-state index is 0.0498. The molecule has 4 heteroatoms. The van der Waals surface area contributed by atoms with Crippen LogP contribution in [0, 0.1) is 17.8 Å². The fourth-order valence-electron chi connectivity index (χ4n) is 5.66. The summed E-state index contributed by atoms with van der Waals surface area (Å²) in [4.78, 5) is 25.4. The lowest BCUT2D eigenvalue weighted by atomic mass is 9.84. The number of amides is 1. The number of rotatable bonds is 2. The molecule has 0 bridgehead atoms. The zero-order valence-corrected chi connectivity index (χ0v) is 14.5. The predicted octanol–water partition coefficient (Wildman–Crippen LogP) is 3.50. The molecule has 5 rings (SSSR count). The van der Waals surface area contributed by atoms with E-state index in [0.717, 1.165) is 25.7 Å². The molecule has 1 aliphatic heterocycles. The third-order valence-corrected chi connectivity index (χ3v) is 6.89. The second-order valence-corrected chi connectivity index (χ2v) is 8.36. The fraction of sp³-hybridized carbons (Fsp3) is 0.619. The van der Waals surface area contributed by atoms with Crippen LogP contribution in [0.2, 0.25) is 0 Å². The van der Waals surface area contributed by atoms with E-state index in [1.54, 1.807) is 0 Å². The van der Waals surface area contributed by atoms with Gasteiger partial charge in [0.05, 0.1) is 12.0 Å². The smallest absolute Gasteiger partial charge is 0.224 e. The third-order valence-electron chi connectivity index (χ3n) is 6.89. The van der Waals surface area contributed by atoms with Crippen LogP contribution in [0.15, 0.2) is 24.3 Å². The molecule has 25 heavy (non-hydrogen) atoms. The molecule has 1 aromatic carbocycles. The zero-order chi connectivity index (χ0) is 17.0. The predicted molar refractivity (Wildman–Crippen MR) is 93.5 cm³/mol. The number of carbonyl (C=O) groups excluding carboxylic acids is 2. The van der Waals surface area contributed by atoms with E-state index in [4.69, 9.17) is 4.74 Å². The van der Waals surface area contributed by atoms with E-state index in [9.17, 15) is 9.59 Å².